The predicted octanol–water partition coefficient (Wildman–Crippen LogP) is -0.840. The van der Waals surface area contributed by atoms with Gasteiger partial charge in [0.15, 0.2) is 0 Å². The quantitative estimate of drug-likeness (QED) is 0.502. The molecule has 0 aliphatic rings. The summed E-state index contributed by atoms with van der Waals surface area (Å²) in [4.78, 5) is 0. The van der Waals surface area contributed by atoms with Gasteiger partial charge in [-0.25, -0.2) is 8.60 Å². The van der Waals surface area contributed by atoms with Crippen molar-refractivity contribution in [2.45, 2.75) is 6.17 Å². The third-order valence-corrected chi connectivity index (χ3v) is 0.818. The third-order valence-electron chi connectivity index (χ3n) is 0.564. The molecule has 50 valence electrons. The fourth-order valence-electron chi connectivity index (χ4n) is 0.179. The van der Waals surface area contributed by atoms with Crippen LogP contribution in [0.2, 0.25) is 0 Å². The summed E-state index contributed by atoms with van der Waals surface area (Å²) in [6, 6.07) is 0. The highest BCUT2D eigenvalue weighted by atomic mass is 32.2. The molecule has 0 fully saturated rings. The van der Waals surface area contributed by atoms with E-state index in [2.05, 4.69) is 4.18 Å². The lowest BCUT2D eigenvalue weighted by molar-refractivity contribution is 0.220. The number of nitrogens with two attached hydrogens (primary N) is 1. The standard InChI is InChI=1S/C3H8FNO2S/c4-3(1-5)2-7-8-6/h3,8H,1-2,5H2/t3-/m1/s1. The topological polar surface area (TPSA) is 52.3 Å². The lowest BCUT2D eigenvalue weighted by Crippen LogP contribution is -2.19. The van der Waals surface area contributed by atoms with Gasteiger partial charge in [-0.2, -0.15) is 0 Å². The lowest BCUT2D eigenvalue weighted by Gasteiger charge is -1.98. The van der Waals surface area contributed by atoms with Crippen molar-refractivity contribution in [1.29, 1.82) is 0 Å². The maximum atomic E-state index is 11.9. The van der Waals surface area contributed by atoms with Gasteiger partial charge in [0.2, 0.25) is 0 Å². The number of halogens is 1. The van der Waals surface area contributed by atoms with E-state index in [1.165, 1.54) is 0 Å². The average Bonchev–Trinajstić information content (AvgIpc) is 1.83. The summed E-state index contributed by atoms with van der Waals surface area (Å²) in [6.45, 7) is -0.281. The molecule has 0 aromatic carbocycles. The summed E-state index contributed by atoms with van der Waals surface area (Å²) in [5.41, 5.74) is 4.85. The Bertz CT molecular complexity index is 72.3. The smallest absolute Gasteiger partial charge is 0.142 e. The molecule has 0 aromatic heterocycles. The van der Waals surface area contributed by atoms with Crippen LogP contribution in [0.25, 0.3) is 0 Å². The van der Waals surface area contributed by atoms with Crippen LogP contribution in [0.3, 0.4) is 0 Å². The van der Waals surface area contributed by atoms with E-state index in [1.54, 1.807) is 0 Å². The molecular weight excluding hydrogens is 133 g/mol. The van der Waals surface area contributed by atoms with Crippen molar-refractivity contribution in [3.63, 3.8) is 0 Å². The van der Waals surface area contributed by atoms with Gasteiger partial charge < -0.3 is 5.73 Å². The highest BCUT2D eigenvalue weighted by molar-refractivity contribution is 7.60. The summed E-state index contributed by atoms with van der Waals surface area (Å²) in [7, 11) is 0. The highest BCUT2D eigenvalue weighted by Gasteiger charge is 2.00. The molecule has 0 saturated carbocycles. The van der Waals surface area contributed by atoms with Crippen molar-refractivity contribution in [2.75, 3.05) is 13.2 Å². The summed E-state index contributed by atoms with van der Waals surface area (Å²) >= 11 is -0.496. The van der Waals surface area contributed by atoms with Gasteiger partial charge in [-0.1, -0.05) is 0 Å². The van der Waals surface area contributed by atoms with Crippen molar-refractivity contribution >= 4 is 11.9 Å². The Balaban J connectivity index is 2.97. The lowest BCUT2D eigenvalue weighted by atomic mass is 10.4. The normalized spacial score (nSPS) is 13.8. The number of hydrogen-bond acceptors (Lipinski definition) is 3. The monoisotopic (exact) mass is 141 g/mol. The van der Waals surface area contributed by atoms with Crippen molar-refractivity contribution in [2.24, 2.45) is 5.73 Å². The van der Waals surface area contributed by atoms with Crippen LogP contribution in [0, 0.1) is 0 Å². The van der Waals surface area contributed by atoms with Crippen LogP contribution in [0.15, 0.2) is 0 Å². The van der Waals surface area contributed by atoms with Crippen LogP contribution in [-0.4, -0.2) is 23.5 Å². The molecule has 0 rings (SSSR count). The van der Waals surface area contributed by atoms with E-state index in [9.17, 15) is 8.60 Å². The van der Waals surface area contributed by atoms with E-state index in [0.29, 0.717) is 0 Å². The molecule has 0 aliphatic heterocycles. The van der Waals surface area contributed by atoms with Gasteiger partial charge in [0.25, 0.3) is 0 Å². The highest BCUT2D eigenvalue weighted by Crippen LogP contribution is 1.86. The van der Waals surface area contributed by atoms with Gasteiger partial charge in [0.1, 0.15) is 18.1 Å². The molecule has 0 unspecified atom stereocenters. The molecule has 0 aromatic rings. The number of rotatable bonds is 4. The zero-order valence-electron chi connectivity index (χ0n) is 4.21. The zero-order chi connectivity index (χ0) is 6.41. The molecular formula is C3H8FNO2S. The molecule has 0 amide bonds. The van der Waals surface area contributed by atoms with Crippen LogP contribution in [0.1, 0.15) is 0 Å². The van der Waals surface area contributed by atoms with Gasteiger partial charge in [0.05, 0.1) is 6.61 Å². The van der Waals surface area contributed by atoms with E-state index in [1.807, 2.05) is 0 Å². The van der Waals surface area contributed by atoms with E-state index in [0.717, 1.165) is 0 Å². The average molecular weight is 141 g/mol. The van der Waals surface area contributed by atoms with Gasteiger partial charge in [0, 0.05) is 6.54 Å². The first-order valence-electron chi connectivity index (χ1n) is 2.10. The SMILES string of the molecule is NC[C@@H](F)CO[SH]=O. The minimum absolute atomic E-state index is 0.0878. The van der Waals surface area contributed by atoms with Crippen LogP contribution < -0.4 is 5.73 Å². The second-order valence-corrected chi connectivity index (χ2v) is 1.61. The van der Waals surface area contributed by atoms with Gasteiger partial charge in [-0.05, 0) is 0 Å². The van der Waals surface area contributed by atoms with Crippen molar-refractivity contribution in [1.82, 2.24) is 0 Å². The Morgan fingerprint density at radius 1 is 1.88 bits per heavy atom. The maximum absolute atomic E-state index is 11.9. The largest absolute Gasteiger partial charge is 0.328 e. The Kier molecular flexibility index (Phi) is 5.14. The molecule has 8 heavy (non-hydrogen) atoms. The Morgan fingerprint density at radius 2 is 2.50 bits per heavy atom. The fourth-order valence-corrected chi connectivity index (χ4v) is 0.402. The van der Waals surface area contributed by atoms with Gasteiger partial charge >= 0.3 is 0 Å². The van der Waals surface area contributed by atoms with Crippen LogP contribution in [-0.2, 0) is 16.1 Å². The molecule has 0 radical (unpaired) electrons. The van der Waals surface area contributed by atoms with E-state index < -0.39 is 18.1 Å². The molecule has 0 aliphatic carbocycles. The van der Waals surface area contributed by atoms with Crippen molar-refractivity contribution in [3.05, 3.63) is 0 Å². The number of thiol groups is 1. The first-order chi connectivity index (χ1) is 3.81. The minimum atomic E-state index is -1.20. The molecule has 1 atom stereocenters. The van der Waals surface area contributed by atoms with Gasteiger partial charge in [-0.3, -0.25) is 4.18 Å². The number of hydrogen-bond donors (Lipinski definition) is 2. The second-order valence-electron chi connectivity index (χ2n) is 1.20. The summed E-state index contributed by atoms with van der Waals surface area (Å²) in [5.74, 6) is 0. The summed E-state index contributed by atoms with van der Waals surface area (Å²) in [6.07, 6.45) is -1.20. The van der Waals surface area contributed by atoms with Crippen LogP contribution in [0.5, 0.6) is 0 Å². The molecule has 0 spiro atoms. The zero-order valence-corrected chi connectivity index (χ0v) is 5.11. The maximum Gasteiger partial charge on any atom is 0.142 e. The third kappa shape index (κ3) is 4.17. The summed E-state index contributed by atoms with van der Waals surface area (Å²) in [5, 5.41) is 0. The summed E-state index contributed by atoms with van der Waals surface area (Å²) < 4.78 is 25.6. The van der Waals surface area contributed by atoms with E-state index in [-0.39, 0.29) is 13.2 Å². The molecule has 0 heterocycles. The molecule has 3 nitrogen and oxygen atoms in total. The van der Waals surface area contributed by atoms with Gasteiger partial charge in [-0.15, -0.1) is 0 Å². The van der Waals surface area contributed by atoms with Crippen LogP contribution >= 0.6 is 0 Å². The Hall–Kier alpha value is -0.0000000000000000555. The second kappa shape index (κ2) is 5.14. The first kappa shape index (κ1) is 8.00. The van der Waals surface area contributed by atoms with E-state index in [4.69, 9.17) is 5.73 Å². The molecule has 2 N–H and O–H groups in total. The van der Waals surface area contributed by atoms with Crippen molar-refractivity contribution in [3.8, 4) is 0 Å². The first-order valence-corrected chi connectivity index (χ1v) is 2.83. The predicted molar refractivity (Wildman–Crippen MR) is 29.4 cm³/mol. The number of alkyl halides is 1. The van der Waals surface area contributed by atoms with E-state index >= 15 is 0 Å². The minimum Gasteiger partial charge on any atom is -0.328 e. The molecule has 0 saturated heterocycles. The van der Waals surface area contributed by atoms with Crippen molar-refractivity contribution < 1.29 is 12.8 Å². The Morgan fingerprint density at radius 3 is 2.88 bits per heavy atom. The van der Waals surface area contributed by atoms with Crippen LogP contribution in [0.4, 0.5) is 4.39 Å². The molecule has 5 heteroatoms. The Labute approximate surface area is 50.7 Å². The molecule has 0 bridgehead atoms. The fraction of sp³-hybridized carbons (Fsp3) is 1.00.